The molecule has 0 saturated heterocycles. The third kappa shape index (κ3) is 3.21. The molecule has 0 spiro atoms. The number of ether oxygens (including phenoxy) is 1. The lowest BCUT2D eigenvalue weighted by Crippen LogP contribution is -2.11. The van der Waals surface area contributed by atoms with Crippen LogP contribution < -0.4 is 10.1 Å². The Morgan fingerprint density at radius 2 is 2.05 bits per heavy atom. The number of hydrogen-bond donors (Lipinski definition) is 1. The lowest BCUT2D eigenvalue weighted by atomic mass is 10.2. The maximum Gasteiger partial charge on any atom is 0.171 e. The first-order valence-electron chi connectivity index (χ1n) is 7.12. The van der Waals surface area contributed by atoms with Crippen molar-refractivity contribution in [2.75, 3.05) is 7.05 Å². The fraction of sp³-hybridized carbons (Fsp3) is 0.533. The Morgan fingerprint density at radius 3 is 2.57 bits per heavy atom. The zero-order chi connectivity index (χ0) is 15.6. The number of nitrogens with one attached hydrogen (secondary N) is 1. The van der Waals surface area contributed by atoms with Crippen LogP contribution in [0.4, 0.5) is 0 Å². The van der Waals surface area contributed by atoms with Crippen molar-refractivity contribution in [1.29, 1.82) is 0 Å². The van der Waals surface area contributed by atoms with Gasteiger partial charge in [-0.15, -0.1) is 0 Å². The molecule has 2 aromatic heterocycles. The Morgan fingerprint density at radius 1 is 1.33 bits per heavy atom. The highest BCUT2D eigenvalue weighted by atomic mass is 16.5. The Bertz CT molecular complexity index is 633. The average Bonchev–Trinajstić information content (AvgIpc) is 2.67. The van der Waals surface area contributed by atoms with Crippen LogP contribution in [-0.4, -0.2) is 26.8 Å². The van der Waals surface area contributed by atoms with Gasteiger partial charge in [0.05, 0.1) is 11.9 Å². The molecule has 0 radical (unpaired) electrons. The maximum atomic E-state index is 6.03. The van der Waals surface area contributed by atoms with Crippen LogP contribution in [0.1, 0.15) is 42.7 Å². The number of hydrogen-bond acceptors (Lipinski definition) is 5. The Kier molecular flexibility index (Phi) is 4.57. The van der Waals surface area contributed by atoms with Gasteiger partial charge in [-0.05, 0) is 20.9 Å². The highest BCUT2D eigenvalue weighted by Gasteiger charge is 2.16. The van der Waals surface area contributed by atoms with Crippen molar-refractivity contribution in [3.05, 3.63) is 29.1 Å². The lowest BCUT2D eigenvalue weighted by molar-refractivity contribution is 0.457. The molecule has 6 heteroatoms. The van der Waals surface area contributed by atoms with E-state index in [-0.39, 0.29) is 5.92 Å². The van der Waals surface area contributed by atoms with Gasteiger partial charge in [-0.1, -0.05) is 13.8 Å². The van der Waals surface area contributed by atoms with Crippen molar-refractivity contribution >= 4 is 0 Å². The summed E-state index contributed by atoms with van der Waals surface area (Å²) in [4.78, 5) is 8.99. The molecule has 0 aliphatic rings. The van der Waals surface area contributed by atoms with E-state index < -0.39 is 0 Å². The van der Waals surface area contributed by atoms with Crippen molar-refractivity contribution in [3.63, 3.8) is 0 Å². The minimum absolute atomic E-state index is 0.288. The molecule has 114 valence electrons. The molecule has 0 unspecified atom stereocenters. The fourth-order valence-corrected chi connectivity index (χ4v) is 2.09. The highest BCUT2D eigenvalue weighted by molar-refractivity contribution is 5.38. The van der Waals surface area contributed by atoms with Gasteiger partial charge < -0.3 is 10.1 Å². The zero-order valence-electron chi connectivity index (χ0n) is 13.6. The summed E-state index contributed by atoms with van der Waals surface area (Å²) in [6, 6.07) is 0. The van der Waals surface area contributed by atoms with Crippen LogP contribution in [0.2, 0.25) is 0 Å². The normalized spacial score (nSPS) is 11.2. The van der Waals surface area contributed by atoms with Crippen LogP contribution in [0.25, 0.3) is 0 Å². The minimum Gasteiger partial charge on any atom is -0.450 e. The quantitative estimate of drug-likeness (QED) is 0.916. The second kappa shape index (κ2) is 6.22. The smallest absolute Gasteiger partial charge is 0.171 e. The van der Waals surface area contributed by atoms with E-state index in [4.69, 9.17) is 4.74 Å². The standard InChI is InChI=1S/C15H23N5O/c1-9(2)15-17-8-13(12(18-15)7-16-5)21-14-10(3)19-20(6)11(14)4/h8-9,16H,7H2,1-6H3. The Labute approximate surface area is 125 Å². The van der Waals surface area contributed by atoms with Crippen LogP contribution >= 0.6 is 0 Å². The van der Waals surface area contributed by atoms with E-state index in [9.17, 15) is 0 Å². The molecule has 0 atom stereocenters. The molecular weight excluding hydrogens is 266 g/mol. The van der Waals surface area contributed by atoms with Crippen molar-refractivity contribution < 1.29 is 4.74 Å². The fourth-order valence-electron chi connectivity index (χ4n) is 2.09. The van der Waals surface area contributed by atoms with Crippen molar-refractivity contribution in [1.82, 2.24) is 25.1 Å². The van der Waals surface area contributed by atoms with Gasteiger partial charge in [-0.25, -0.2) is 9.97 Å². The molecule has 2 heterocycles. The molecule has 0 fully saturated rings. The molecular formula is C15H23N5O. The summed E-state index contributed by atoms with van der Waals surface area (Å²) in [5.41, 5.74) is 2.70. The molecule has 1 N–H and O–H groups in total. The van der Waals surface area contributed by atoms with Gasteiger partial charge in [0, 0.05) is 19.5 Å². The maximum absolute atomic E-state index is 6.03. The van der Waals surface area contributed by atoms with Crippen LogP contribution in [0, 0.1) is 13.8 Å². The molecule has 21 heavy (non-hydrogen) atoms. The van der Waals surface area contributed by atoms with Gasteiger partial charge in [0.2, 0.25) is 0 Å². The molecule has 0 saturated carbocycles. The minimum atomic E-state index is 0.288. The largest absolute Gasteiger partial charge is 0.450 e. The van der Waals surface area contributed by atoms with Gasteiger partial charge in [0.1, 0.15) is 17.2 Å². The first-order chi connectivity index (χ1) is 9.93. The molecule has 0 aliphatic heterocycles. The third-order valence-electron chi connectivity index (χ3n) is 3.36. The summed E-state index contributed by atoms with van der Waals surface area (Å²) >= 11 is 0. The van der Waals surface area contributed by atoms with Gasteiger partial charge in [0.25, 0.3) is 0 Å². The van der Waals surface area contributed by atoms with Gasteiger partial charge in [-0.2, -0.15) is 5.10 Å². The first kappa shape index (κ1) is 15.4. The van der Waals surface area contributed by atoms with Crippen molar-refractivity contribution in [2.24, 2.45) is 7.05 Å². The summed E-state index contributed by atoms with van der Waals surface area (Å²) in [7, 11) is 3.80. The number of rotatable bonds is 5. The van der Waals surface area contributed by atoms with Crippen molar-refractivity contribution in [2.45, 2.75) is 40.2 Å². The van der Waals surface area contributed by atoms with E-state index >= 15 is 0 Å². The second-order valence-electron chi connectivity index (χ2n) is 5.45. The van der Waals surface area contributed by atoms with E-state index in [1.165, 1.54) is 0 Å². The van der Waals surface area contributed by atoms with E-state index in [2.05, 4.69) is 34.2 Å². The summed E-state index contributed by atoms with van der Waals surface area (Å²) < 4.78 is 7.84. The van der Waals surface area contributed by atoms with Gasteiger partial charge in [-0.3, -0.25) is 4.68 Å². The topological polar surface area (TPSA) is 64.9 Å². The van der Waals surface area contributed by atoms with E-state index in [1.807, 2.05) is 32.6 Å². The molecule has 6 nitrogen and oxygen atoms in total. The van der Waals surface area contributed by atoms with Crippen LogP contribution in [0.3, 0.4) is 0 Å². The average molecular weight is 289 g/mol. The van der Waals surface area contributed by atoms with Gasteiger partial charge >= 0.3 is 0 Å². The van der Waals surface area contributed by atoms with E-state index in [0.717, 1.165) is 28.7 Å². The molecule has 0 aliphatic carbocycles. The highest BCUT2D eigenvalue weighted by Crippen LogP contribution is 2.29. The lowest BCUT2D eigenvalue weighted by Gasteiger charge is -2.12. The molecule has 2 rings (SSSR count). The molecule has 0 aromatic carbocycles. The summed E-state index contributed by atoms with van der Waals surface area (Å²) in [5.74, 6) is 2.56. The Hall–Kier alpha value is -1.95. The molecule has 0 amide bonds. The van der Waals surface area contributed by atoms with Crippen LogP contribution in [0.15, 0.2) is 6.20 Å². The third-order valence-corrected chi connectivity index (χ3v) is 3.36. The summed E-state index contributed by atoms with van der Waals surface area (Å²) in [6.45, 7) is 8.71. The van der Waals surface area contributed by atoms with Crippen molar-refractivity contribution in [3.8, 4) is 11.5 Å². The first-order valence-corrected chi connectivity index (χ1v) is 7.12. The number of aryl methyl sites for hydroxylation is 2. The molecule has 2 aromatic rings. The predicted octanol–water partition coefficient (Wildman–Crippen LogP) is 2.46. The summed E-state index contributed by atoms with van der Waals surface area (Å²) in [6.07, 6.45) is 1.75. The monoisotopic (exact) mass is 289 g/mol. The SMILES string of the molecule is CNCc1nc(C(C)C)ncc1Oc1c(C)nn(C)c1C. The van der Waals surface area contributed by atoms with E-state index in [0.29, 0.717) is 12.3 Å². The van der Waals surface area contributed by atoms with Crippen LogP contribution in [-0.2, 0) is 13.6 Å². The number of aromatic nitrogens is 4. The number of nitrogens with zero attached hydrogens (tertiary/aromatic N) is 4. The van der Waals surface area contributed by atoms with E-state index in [1.54, 1.807) is 6.20 Å². The predicted molar refractivity (Wildman–Crippen MR) is 81.6 cm³/mol. The Balaban J connectivity index is 2.39. The summed E-state index contributed by atoms with van der Waals surface area (Å²) in [5, 5.41) is 7.48. The van der Waals surface area contributed by atoms with Crippen LogP contribution in [0.5, 0.6) is 11.5 Å². The second-order valence-corrected chi connectivity index (χ2v) is 5.45. The molecule has 0 bridgehead atoms. The van der Waals surface area contributed by atoms with Gasteiger partial charge in [0.15, 0.2) is 11.5 Å². The zero-order valence-corrected chi connectivity index (χ0v) is 13.6.